The Morgan fingerprint density at radius 3 is 2.25 bits per heavy atom. The van der Waals surface area contributed by atoms with Crippen LogP contribution in [0.5, 0.6) is 5.75 Å². The zero-order valence-electron chi connectivity index (χ0n) is 15.1. The highest BCUT2D eigenvalue weighted by molar-refractivity contribution is 7.89. The summed E-state index contributed by atoms with van der Waals surface area (Å²) in [6.07, 6.45) is 0. The fourth-order valence-corrected chi connectivity index (χ4v) is 4.48. The van der Waals surface area contributed by atoms with E-state index in [0.29, 0.717) is 11.3 Å². The van der Waals surface area contributed by atoms with E-state index >= 15 is 0 Å². The lowest BCUT2D eigenvalue weighted by molar-refractivity contribution is 0.410. The number of benzene rings is 2. The molecule has 0 aromatic heterocycles. The van der Waals surface area contributed by atoms with Gasteiger partial charge in [0.2, 0.25) is 10.0 Å². The fraction of sp³-hybridized carbons (Fsp3) is 0.368. The first-order valence-corrected chi connectivity index (χ1v) is 9.39. The zero-order chi connectivity index (χ0) is 18.1. The summed E-state index contributed by atoms with van der Waals surface area (Å²) in [5, 5.41) is 0. The lowest BCUT2D eigenvalue weighted by Gasteiger charge is -2.19. The van der Waals surface area contributed by atoms with Gasteiger partial charge in [-0.05, 0) is 69.0 Å². The van der Waals surface area contributed by atoms with Crippen molar-refractivity contribution in [1.82, 2.24) is 4.72 Å². The topological polar surface area (TPSA) is 55.4 Å². The van der Waals surface area contributed by atoms with Gasteiger partial charge in [-0.25, -0.2) is 13.1 Å². The van der Waals surface area contributed by atoms with Crippen molar-refractivity contribution < 1.29 is 13.2 Å². The van der Waals surface area contributed by atoms with Crippen LogP contribution in [0.25, 0.3) is 0 Å². The lowest BCUT2D eigenvalue weighted by Crippen LogP contribution is -2.28. The van der Waals surface area contributed by atoms with E-state index in [1.807, 2.05) is 39.8 Å². The van der Waals surface area contributed by atoms with Gasteiger partial charge in [0.15, 0.2) is 0 Å². The van der Waals surface area contributed by atoms with Crippen LogP contribution in [0.3, 0.4) is 0 Å². The monoisotopic (exact) mass is 347 g/mol. The van der Waals surface area contributed by atoms with E-state index in [0.717, 1.165) is 22.3 Å². The predicted octanol–water partition coefficient (Wildman–Crippen LogP) is 3.97. The highest BCUT2D eigenvalue weighted by Crippen LogP contribution is 2.28. The minimum absolute atomic E-state index is 0.289. The molecule has 1 N–H and O–H groups in total. The molecule has 24 heavy (non-hydrogen) atoms. The molecule has 0 aliphatic heterocycles. The predicted molar refractivity (Wildman–Crippen MR) is 97.1 cm³/mol. The molecule has 0 aliphatic carbocycles. The molecule has 0 spiro atoms. The maximum Gasteiger partial charge on any atom is 0.241 e. The number of rotatable bonds is 5. The second-order valence-electron chi connectivity index (χ2n) is 6.22. The number of nitrogens with one attached hydrogen (secondary N) is 1. The molecular formula is C19H25NO3S. The van der Waals surface area contributed by atoms with E-state index in [9.17, 15) is 8.42 Å². The Balaban J connectivity index is 2.36. The third kappa shape index (κ3) is 3.62. The minimum atomic E-state index is -3.62. The molecular weight excluding hydrogens is 322 g/mol. The van der Waals surface area contributed by atoms with Gasteiger partial charge in [-0.1, -0.05) is 23.8 Å². The Bertz CT molecular complexity index is 857. The largest absolute Gasteiger partial charge is 0.496 e. The second kappa shape index (κ2) is 6.95. The number of hydrogen-bond acceptors (Lipinski definition) is 3. The number of sulfonamides is 1. The minimum Gasteiger partial charge on any atom is -0.496 e. The molecule has 0 amide bonds. The maximum atomic E-state index is 12.8. The molecule has 0 heterocycles. The third-order valence-electron chi connectivity index (χ3n) is 4.42. The normalized spacial score (nSPS) is 12.9. The van der Waals surface area contributed by atoms with Crippen molar-refractivity contribution in [3.8, 4) is 5.75 Å². The van der Waals surface area contributed by atoms with Gasteiger partial charge in [-0.15, -0.1) is 0 Å². The van der Waals surface area contributed by atoms with Crippen LogP contribution in [0.15, 0.2) is 35.2 Å². The number of ether oxygens (including phenoxy) is 1. The van der Waals surface area contributed by atoms with Crippen molar-refractivity contribution >= 4 is 10.0 Å². The van der Waals surface area contributed by atoms with Gasteiger partial charge in [0.25, 0.3) is 0 Å². The average Bonchev–Trinajstić information content (AvgIpc) is 2.49. The van der Waals surface area contributed by atoms with Gasteiger partial charge in [0.05, 0.1) is 12.0 Å². The molecule has 130 valence electrons. The molecule has 1 atom stereocenters. The molecule has 4 nitrogen and oxygen atoms in total. The summed E-state index contributed by atoms with van der Waals surface area (Å²) < 4.78 is 33.7. The molecule has 2 aromatic carbocycles. The molecule has 1 unspecified atom stereocenters. The Hall–Kier alpha value is -1.85. The van der Waals surface area contributed by atoms with Crippen molar-refractivity contribution in [2.24, 2.45) is 0 Å². The smallest absolute Gasteiger partial charge is 0.241 e. The van der Waals surface area contributed by atoms with Gasteiger partial charge in [-0.2, -0.15) is 0 Å². The first kappa shape index (κ1) is 18.5. The second-order valence-corrected chi connectivity index (χ2v) is 7.90. The summed E-state index contributed by atoms with van der Waals surface area (Å²) in [6.45, 7) is 9.54. The number of hydrogen-bond donors (Lipinski definition) is 1. The van der Waals surface area contributed by atoms with Crippen LogP contribution in [-0.2, 0) is 10.0 Å². The summed E-state index contributed by atoms with van der Waals surface area (Å²) in [7, 11) is -2.04. The van der Waals surface area contributed by atoms with Crippen LogP contribution < -0.4 is 9.46 Å². The lowest BCUT2D eigenvalue weighted by atomic mass is 10.0. The Kier molecular flexibility index (Phi) is 5.35. The maximum absolute atomic E-state index is 12.8. The standard InChI is InChI=1S/C19H25NO3S/c1-12-7-8-17(13(2)11-12)16(5)20-24(21,22)19-10-9-18(23-6)14(3)15(19)4/h7-11,16,20H,1-6H3. The first-order valence-electron chi connectivity index (χ1n) is 7.91. The summed E-state index contributed by atoms with van der Waals surface area (Å²) in [6, 6.07) is 9.01. The number of methoxy groups -OCH3 is 1. The van der Waals surface area contributed by atoms with Crippen LogP contribution in [-0.4, -0.2) is 15.5 Å². The molecule has 0 radical (unpaired) electrons. The van der Waals surface area contributed by atoms with Gasteiger partial charge in [0, 0.05) is 6.04 Å². The van der Waals surface area contributed by atoms with Gasteiger partial charge < -0.3 is 4.74 Å². The zero-order valence-corrected chi connectivity index (χ0v) is 15.9. The molecule has 2 aromatic rings. The van der Waals surface area contributed by atoms with Crippen molar-refractivity contribution in [2.45, 2.75) is 45.6 Å². The van der Waals surface area contributed by atoms with Crippen LogP contribution in [0.4, 0.5) is 0 Å². The van der Waals surface area contributed by atoms with Crippen LogP contribution in [0.2, 0.25) is 0 Å². The number of aryl methyl sites for hydroxylation is 2. The summed E-state index contributed by atoms with van der Waals surface area (Å²) >= 11 is 0. The highest BCUT2D eigenvalue weighted by Gasteiger charge is 2.22. The Morgan fingerprint density at radius 2 is 1.67 bits per heavy atom. The fourth-order valence-electron chi connectivity index (χ4n) is 2.95. The van der Waals surface area contributed by atoms with E-state index in [1.54, 1.807) is 26.2 Å². The van der Waals surface area contributed by atoms with Gasteiger partial charge >= 0.3 is 0 Å². The average molecular weight is 347 g/mol. The Labute approximate surface area is 144 Å². The molecule has 5 heteroatoms. The van der Waals surface area contributed by atoms with Crippen LogP contribution in [0, 0.1) is 27.7 Å². The summed E-state index contributed by atoms with van der Waals surface area (Å²) in [5.74, 6) is 0.689. The Morgan fingerprint density at radius 1 is 1.00 bits per heavy atom. The molecule has 0 saturated carbocycles. The molecule has 0 saturated heterocycles. The van der Waals surface area contributed by atoms with Gasteiger partial charge in [0.1, 0.15) is 5.75 Å². The van der Waals surface area contributed by atoms with Crippen LogP contribution in [0.1, 0.15) is 40.8 Å². The summed E-state index contributed by atoms with van der Waals surface area (Å²) in [4.78, 5) is 0.289. The van der Waals surface area contributed by atoms with Gasteiger partial charge in [-0.3, -0.25) is 0 Å². The SMILES string of the molecule is COc1ccc(S(=O)(=O)NC(C)c2ccc(C)cc2C)c(C)c1C. The molecule has 0 fully saturated rings. The van der Waals surface area contributed by atoms with E-state index in [-0.39, 0.29) is 10.9 Å². The molecule has 0 bridgehead atoms. The van der Waals surface area contributed by atoms with E-state index in [1.165, 1.54) is 0 Å². The molecule has 0 aliphatic rings. The summed E-state index contributed by atoms with van der Waals surface area (Å²) in [5.41, 5.74) is 4.75. The van der Waals surface area contributed by atoms with Crippen molar-refractivity contribution in [1.29, 1.82) is 0 Å². The van der Waals surface area contributed by atoms with Crippen molar-refractivity contribution in [3.63, 3.8) is 0 Å². The quantitative estimate of drug-likeness (QED) is 0.890. The highest BCUT2D eigenvalue weighted by atomic mass is 32.2. The van der Waals surface area contributed by atoms with E-state index in [2.05, 4.69) is 10.8 Å². The van der Waals surface area contributed by atoms with Crippen LogP contribution >= 0.6 is 0 Å². The first-order chi connectivity index (χ1) is 11.2. The van der Waals surface area contributed by atoms with E-state index in [4.69, 9.17) is 4.74 Å². The van der Waals surface area contributed by atoms with E-state index < -0.39 is 10.0 Å². The van der Waals surface area contributed by atoms with Crippen molar-refractivity contribution in [3.05, 3.63) is 58.1 Å². The third-order valence-corrected chi connectivity index (χ3v) is 6.11. The van der Waals surface area contributed by atoms with Crippen molar-refractivity contribution in [2.75, 3.05) is 7.11 Å². The molecule has 2 rings (SSSR count).